The largest absolute Gasteiger partial charge is 1.00 e. The fourth-order valence-corrected chi connectivity index (χ4v) is 11.7. The number of nitrogens with zero attached hydrogens (tertiary/aromatic N) is 3. The van der Waals surface area contributed by atoms with E-state index in [4.69, 9.17) is 13.7 Å². The summed E-state index contributed by atoms with van der Waals surface area (Å²) in [5.41, 5.74) is 2.53. The number of amides is 8. The summed E-state index contributed by atoms with van der Waals surface area (Å²) in [5, 5.41) is 126. The third-order valence-electron chi connectivity index (χ3n) is 16.1. The third-order valence-corrected chi connectivity index (χ3v) is 16.4. The Morgan fingerprint density at radius 3 is 2.03 bits per heavy atom. The minimum absolute atomic E-state index is 0. The van der Waals surface area contributed by atoms with E-state index in [-0.39, 0.29) is 66.3 Å². The number of aliphatic hydroxyl groups is 8. The second-order valence-electron chi connectivity index (χ2n) is 24.0. The Labute approximate surface area is 555 Å². The van der Waals surface area contributed by atoms with Crippen molar-refractivity contribution in [3.8, 4) is 22.6 Å². The van der Waals surface area contributed by atoms with Gasteiger partial charge >= 0.3 is 41.7 Å². The number of phenolic OH excluding ortho intramolecular Hbond substituents is 1. The predicted molar refractivity (Wildman–Crippen MR) is 314 cm³/mol. The van der Waals surface area contributed by atoms with Crippen LogP contribution < -0.4 is 65.6 Å². The maximum atomic E-state index is 15.3. The number of benzene rings is 3. The SMILES string of the molecule is C[C@@H](O)[C@@H]1NC(=O)[C@@H](NC(=O)OC(C)(C)C)C[C@@H](O)CNC(=O)[C@@H]2[C@@H](O)[C@@H](C)CN2C(=O)[C@H]([C@H](O)CCN(CC(CO)CO)C(=O)OCC2c3ccccc3-c3ccccc32)NC(=O)[C@H]([C@H](O)Cc2ccc(O)c(OSOO[O-])c2)NC(=O)[C@@H]2C[C@@H](O)CN2C1=O.[Na+]. The quantitative estimate of drug-likeness (QED) is 0.0175. The van der Waals surface area contributed by atoms with Crippen LogP contribution in [-0.4, -0.2) is 239 Å². The average Bonchev–Trinajstić information content (AvgIpc) is 1.68. The molecule has 3 heterocycles. The summed E-state index contributed by atoms with van der Waals surface area (Å²) in [7, 11) is 0. The van der Waals surface area contributed by atoms with Crippen molar-refractivity contribution < 1.29 is 142 Å². The summed E-state index contributed by atoms with van der Waals surface area (Å²) in [6.07, 6.45) is -15.6. The summed E-state index contributed by atoms with van der Waals surface area (Å²) < 4.78 is 20.5. The molecular formula is C59H79N8NaO23S. The molecule has 0 unspecified atom stereocenters. The molecule has 3 fully saturated rings. The van der Waals surface area contributed by atoms with Crippen LogP contribution in [0.4, 0.5) is 9.59 Å². The van der Waals surface area contributed by atoms with Gasteiger partial charge in [-0.25, -0.2) is 9.59 Å². The van der Waals surface area contributed by atoms with Gasteiger partial charge in [-0.2, -0.15) is 0 Å². The van der Waals surface area contributed by atoms with Crippen molar-refractivity contribution in [1.82, 2.24) is 41.3 Å². The Morgan fingerprint density at radius 2 is 1.41 bits per heavy atom. The van der Waals surface area contributed by atoms with Gasteiger partial charge < -0.3 is 106 Å². The summed E-state index contributed by atoms with van der Waals surface area (Å²) in [4.78, 5) is 118. The zero-order valence-corrected chi connectivity index (χ0v) is 54.3. The molecule has 92 heavy (non-hydrogen) atoms. The molecule has 500 valence electrons. The van der Waals surface area contributed by atoms with Crippen LogP contribution in [-0.2, 0) is 54.0 Å². The smallest absolute Gasteiger partial charge is 0.691 e. The van der Waals surface area contributed by atoms with Crippen molar-refractivity contribution in [2.45, 2.75) is 145 Å². The number of aromatic hydroxyl groups is 1. The monoisotopic (exact) mass is 1320 g/mol. The van der Waals surface area contributed by atoms with Crippen LogP contribution >= 0.6 is 12.3 Å². The van der Waals surface area contributed by atoms with Gasteiger partial charge in [-0.05, 0) is 74.1 Å². The van der Waals surface area contributed by atoms with E-state index in [1.165, 1.54) is 33.8 Å². The van der Waals surface area contributed by atoms with E-state index in [0.717, 1.165) is 56.0 Å². The summed E-state index contributed by atoms with van der Waals surface area (Å²) in [6, 6.07) is 6.69. The first kappa shape index (κ1) is 74.6. The molecule has 0 aromatic heterocycles. The fourth-order valence-electron chi connectivity index (χ4n) is 11.4. The van der Waals surface area contributed by atoms with E-state index in [0.29, 0.717) is 0 Å². The molecular weight excluding hydrogens is 1240 g/mol. The number of fused-ring (bicyclic) bond motifs is 5. The molecule has 3 saturated heterocycles. The number of rotatable bonds is 19. The van der Waals surface area contributed by atoms with E-state index >= 15 is 9.59 Å². The Kier molecular flexibility index (Phi) is 27.2. The normalized spacial score (nSPS) is 25.2. The number of phenols is 1. The number of ether oxygens (including phenoxy) is 2. The van der Waals surface area contributed by atoms with Gasteiger partial charge in [0, 0.05) is 83.0 Å². The van der Waals surface area contributed by atoms with E-state index in [2.05, 4.69) is 36.0 Å². The maximum Gasteiger partial charge on any atom is 1.00 e. The number of hydrogen-bond acceptors (Lipinski definition) is 24. The van der Waals surface area contributed by atoms with Crippen molar-refractivity contribution >= 4 is 60.0 Å². The van der Waals surface area contributed by atoms with Gasteiger partial charge in [0.2, 0.25) is 35.4 Å². The molecule has 4 aliphatic rings. The number of β-amino-alcohol motifs (C(OH)–C–C–N with tert-alkyl or cyclic N) is 1. The van der Waals surface area contributed by atoms with Crippen LogP contribution in [0.1, 0.15) is 76.5 Å². The molecule has 0 bridgehead atoms. The number of aliphatic hydroxyl groups excluding tert-OH is 8. The number of alkyl carbamates (subject to hydrolysis) is 1. The Morgan fingerprint density at radius 1 is 0.793 bits per heavy atom. The summed E-state index contributed by atoms with van der Waals surface area (Å²) >= 11 is -0.0120. The summed E-state index contributed by atoms with van der Waals surface area (Å²) in [6.45, 7) is 3.01. The van der Waals surface area contributed by atoms with E-state index in [1.807, 2.05) is 48.5 Å². The van der Waals surface area contributed by atoms with Gasteiger partial charge in [0.15, 0.2) is 11.5 Å². The number of carbonyl (C=O) groups is 8. The minimum Gasteiger partial charge on any atom is -0.691 e. The maximum absolute atomic E-state index is 15.3. The van der Waals surface area contributed by atoms with Crippen molar-refractivity contribution in [2.24, 2.45) is 11.8 Å². The van der Waals surface area contributed by atoms with E-state index in [1.54, 1.807) is 0 Å². The van der Waals surface area contributed by atoms with Gasteiger partial charge in [-0.15, -0.1) is 4.33 Å². The molecule has 3 aromatic carbocycles. The second-order valence-corrected chi connectivity index (χ2v) is 24.5. The molecule has 7 rings (SSSR count). The fraction of sp³-hybridized carbons (Fsp3) is 0.559. The van der Waals surface area contributed by atoms with Crippen LogP contribution in [0.3, 0.4) is 0 Å². The first-order valence-corrected chi connectivity index (χ1v) is 30.1. The van der Waals surface area contributed by atoms with Crippen molar-refractivity contribution in [3.05, 3.63) is 83.4 Å². The molecule has 3 aromatic rings. The molecule has 8 amide bonds. The third kappa shape index (κ3) is 18.9. The Bertz CT molecular complexity index is 3030. The predicted octanol–water partition coefficient (Wildman–Crippen LogP) is -6.15. The van der Waals surface area contributed by atoms with Crippen LogP contribution in [0.2, 0.25) is 0 Å². The topological polar surface area (TPSA) is 458 Å². The van der Waals surface area contributed by atoms with Crippen molar-refractivity contribution in [3.63, 3.8) is 0 Å². The molecule has 0 saturated carbocycles. The van der Waals surface area contributed by atoms with E-state index in [9.17, 15) is 80.0 Å². The van der Waals surface area contributed by atoms with Gasteiger partial charge in [0.25, 0.3) is 12.3 Å². The van der Waals surface area contributed by atoms with Crippen LogP contribution in [0.25, 0.3) is 11.1 Å². The second kappa shape index (κ2) is 33.6. The first-order valence-electron chi connectivity index (χ1n) is 29.5. The number of nitrogens with one attached hydrogen (secondary N) is 5. The van der Waals surface area contributed by atoms with Gasteiger partial charge in [0.05, 0.1) is 36.6 Å². The Hall–Kier alpha value is -6.47. The standard InChI is InChI=1S/C59H80N8O23S.Na/c1-29-23-67-49(50(29)76)54(80)60-22-33(71)20-40(61-57(83)87-59(3,4)5)51(77)62-46(30(2)70)55(81)66-25-34(72)21-41(66)52(78)63-47(44(75)18-31-14-15-42(73)45(19-31)88-91-90-89-85)53(79)64-48(56(67)82)43(74)16-17-65(24-32(26-68)27-69)58(84)86-28-39-37-12-8-6-10-35(37)36-11-7-9-13-38(36)39;/h6-15,19,29-30,32-34,39-41,43-44,46-50,68-76,85H,16-18,20-28H2,1-5H3,(H,60,80)(H,61,83)(H,62,77)(H,63,78)(H,64,79);/q;+1/p-1/t29-,30+,33+,34+,40-,41-,43+,44+,46-,47-,48-,49-,50-;/m0./s1. The first-order chi connectivity index (χ1) is 43.1. The molecule has 31 nitrogen and oxygen atoms in total. The molecule has 3 aliphatic heterocycles. The average molecular weight is 1320 g/mol. The van der Waals surface area contributed by atoms with Crippen LogP contribution in [0.5, 0.6) is 11.5 Å². The Balaban J connectivity index is 0.0000134. The van der Waals surface area contributed by atoms with Crippen LogP contribution in [0.15, 0.2) is 66.7 Å². The van der Waals surface area contributed by atoms with Crippen LogP contribution in [0, 0.1) is 11.8 Å². The zero-order valence-electron chi connectivity index (χ0n) is 51.5. The van der Waals surface area contributed by atoms with Gasteiger partial charge in [-0.1, -0.05) is 61.5 Å². The number of hydrogen-bond donors (Lipinski definition) is 14. The van der Waals surface area contributed by atoms with Crippen molar-refractivity contribution in [2.75, 3.05) is 52.5 Å². The van der Waals surface area contributed by atoms with Crippen molar-refractivity contribution in [1.29, 1.82) is 0 Å². The van der Waals surface area contributed by atoms with Gasteiger partial charge in [-0.3, -0.25) is 33.8 Å². The van der Waals surface area contributed by atoms with Gasteiger partial charge in [0.1, 0.15) is 48.5 Å². The molecule has 13 atom stereocenters. The molecule has 14 N–H and O–H groups in total. The number of carbonyl (C=O) groups excluding carboxylic acids is 8. The molecule has 0 radical (unpaired) electrons. The molecule has 1 aliphatic carbocycles. The minimum atomic E-state index is -2.24. The molecule has 33 heteroatoms. The van der Waals surface area contributed by atoms with E-state index < -0.39 is 215 Å². The zero-order chi connectivity index (χ0) is 66.6. The molecule has 0 spiro atoms. The summed E-state index contributed by atoms with van der Waals surface area (Å²) in [5.74, 6) is -10.6.